The zero-order valence-corrected chi connectivity index (χ0v) is 9.05. The topological polar surface area (TPSA) is 12.0 Å². The van der Waals surface area contributed by atoms with E-state index >= 15 is 0 Å². The molecule has 1 nitrogen and oxygen atoms in total. The van der Waals surface area contributed by atoms with Gasteiger partial charge in [-0.25, -0.2) is 0 Å². The van der Waals surface area contributed by atoms with Crippen LogP contribution in [0.2, 0.25) is 0 Å². The lowest BCUT2D eigenvalue weighted by atomic mass is 9.70. The predicted octanol–water partition coefficient (Wildman–Crippen LogP) is 2.81. The molecule has 1 heteroatoms. The van der Waals surface area contributed by atoms with Crippen molar-refractivity contribution in [1.29, 1.82) is 0 Å². The van der Waals surface area contributed by atoms with Crippen molar-refractivity contribution in [1.82, 2.24) is 5.32 Å². The summed E-state index contributed by atoms with van der Waals surface area (Å²) >= 11 is 0. The van der Waals surface area contributed by atoms with Crippen LogP contribution in [0.3, 0.4) is 0 Å². The molecule has 1 N–H and O–H groups in total. The number of nitrogens with one attached hydrogen (secondary N) is 1. The third-order valence-corrected chi connectivity index (χ3v) is 4.48. The van der Waals surface area contributed by atoms with Gasteiger partial charge in [0.2, 0.25) is 0 Å². The highest BCUT2D eigenvalue weighted by atomic mass is 14.9. The minimum Gasteiger partial charge on any atom is -0.317 e. The molecule has 0 saturated heterocycles. The molecule has 13 heavy (non-hydrogen) atoms. The largest absolute Gasteiger partial charge is 0.317 e. The molecule has 0 aromatic rings. The van der Waals surface area contributed by atoms with Crippen LogP contribution in [0.4, 0.5) is 0 Å². The number of rotatable bonds is 3. The predicted molar refractivity (Wildman–Crippen MR) is 56.7 cm³/mol. The molecule has 0 radical (unpaired) electrons. The molecule has 2 saturated carbocycles. The van der Waals surface area contributed by atoms with E-state index in [1.807, 2.05) is 0 Å². The van der Waals surface area contributed by atoms with Crippen molar-refractivity contribution in [3.8, 4) is 0 Å². The molecule has 0 aromatic carbocycles. The first-order valence-electron chi connectivity index (χ1n) is 6.00. The molecular formula is C12H23N. The highest BCUT2D eigenvalue weighted by molar-refractivity contribution is 4.90. The highest BCUT2D eigenvalue weighted by Crippen LogP contribution is 2.46. The van der Waals surface area contributed by atoms with E-state index in [1.54, 1.807) is 0 Å². The fourth-order valence-electron chi connectivity index (χ4n) is 3.31. The second-order valence-corrected chi connectivity index (χ2v) is 5.03. The van der Waals surface area contributed by atoms with Gasteiger partial charge in [0, 0.05) is 6.04 Å². The Hall–Kier alpha value is -0.0400. The lowest BCUT2D eigenvalue weighted by Crippen LogP contribution is -2.36. The third-order valence-electron chi connectivity index (χ3n) is 4.48. The van der Waals surface area contributed by atoms with Crippen LogP contribution < -0.4 is 5.32 Å². The second-order valence-electron chi connectivity index (χ2n) is 5.03. The van der Waals surface area contributed by atoms with Gasteiger partial charge in [0.05, 0.1) is 0 Å². The van der Waals surface area contributed by atoms with Crippen LogP contribution in [0.5, 0.6) is 0 Å². The summed E-state index contributed by atoms with van der Waals surface area (Å²) in [5.74, 6) is 3.15. The van der Waals surface area contributed by atoms with Crippen LogP contribution in [0.25, 0.3) is 0 Å². The highest BCUT2D eigenvalue weighted by Gasteiger charge is 2.38. The van der Waals surface area contributed by atoms with Gasteiger partial charge in [-0.05, 0) is 44.6 Å². The molecule has 2 rings (SSSR count). The molecule has 2 aliphatic rings. The monoisotopic (exact) mass is 181 g/mol. The minimum atomic E-state index is 0.744. The Balaban J connectivity index is 1.92. The van der Waals surface area contributed by atoms with Crippen LogP contribution in [0.15, 0.2) is 0 Å². The van der Waals surface area contributed by atoms with Gasteiger partial charge in [-0.15, -0.1) is 0 Å². The summed E-state index contributed by atoms with van der Waals surface area (Å²) < 4.78 is 0. The molecule has 2 fully saturated rings. The van der Waals surface area contributed by atoms with Crippen molar-refractivity contribution >= 4 is 0 Å². The van der Waals surface area contributed by atoms with Gasteiger partial charge < -0.3 is 5.32 Å². The lowest BCUT2D eigenvalue weighted by molar-refractivity contribution is 0.147. The van der Waals surface area contributed by atoms with E-state index in [0.29, 0.717) is 0 Å². The van der Waals surface area contributed by atoms with Crippen molar-refractivity contribution < 1.29 is 0 Å². The summed E-state index contributed by atoms with van der Waals surface area (Å²) in [5.41, 5.74) is 0. The van der Waals surface area contributed by atoms with E-state index in [9.17, 15) is 0 Å². The second kappa shape index (κ2) is 4.00. The van der Waals surface area contributed by atoms with Gasteiger partial charge in [-0.3, -0.25) is 0 Å². The Kier molecular flexibility index (Phi) is 2.92. The van der Waals surface area contributed by atoms with Crippen LogP contribution >= 0.6 is 0 Å². The van der Waals surface area contributed by atoms with E-state index in [0.717, 1.165) is 23.8 Å². The SMILES string of the molecule is CNC(C)C1CCCC1C1CCC1. The molecular weight excluding hydrogens is 158 g/mol. The molecule has 3 atom stereocenters. The maximum absolute atomic E-state index is 3.44. The summed E-state index contributed by atoms with van der Waals surface area (Å²) in [7, 11) is 2.11. The van der Waals surface area contributed by atoms with Crippen molar-refractivity contribution in [3.05, 3.63) is 0 Å². The van der Waals surface area contributed by atoms with Gasteiger partial charge in [-0.1, -0.05) is 25.7 Å². The van der Waals surface area contributed by atoms with Crippen molar-refractivity contribution in [2.45, 2.75) is 51.5 Å². The standard InChI is InChI=1S/C12H23N/c1-9(13-2)11-7-4-8-12(11)10-5-3-6-10/h9-13H,3-8H2,1-2H3. The van der Waals surface area contributed by atoms with Crippen LogP contribution in [-0.4, -0.2) is 13.1 Å². The normalized spacial score (nSPS) is 37.4. The molecule has 2 aliphatic carbocycles. The smallest absolute Gasteiger partial charge is 0.00667 e. The van der Waals surface area contributed by atoms with Gasteiger partial charge in [0.25, 0.3) is 0 Å². The number of hydrogen-bond acceptors (Lipinski definition) is 1. The molecule has 0 heterocycles. The first kappa shape index (κ1) is 9.51. The van der Waals surface area contributed by atoms with E-state index in [2.05, 4.69) is 19.3 Å². The average Bonchev–Trinajstić information content (AvgIpc) is 2.49. The minimum absolute atomic E-state index is 0.744. The van der Waals surface area contributed by atoms with Gasteiger partial charge >= 0.3 is 0 Å². The Morgan fingerprint density at radius 1 is 1.08 bits per heavy atom. The summed E-state index contributed by atoms with van der Waals surface area (Å²) in [6, 6.07) is 0.744. The number of hydrogen-bond donors (Lipinski definition) is 1. The zero-order valence-electron chi connectivity index (χ0n) is 9.05. The van der Waals surface area contributed by atoms with Gasteiger partial charge in [0.1, 0.15) is 0 Å². The summed E-state index contributed by atoms with van der Waals surface area (Å²) in [6.45, 7) is 2.36. The van der Waals surface area contributed by atoms with Gasteiger partial charge in [0.15, 0.2) is 0 Å². The third kappa shape index (κ3) is 1.76. The first-order valence-corrected chi connectivity index (χ1v) is 6.00. The van der Waals surface area contributed by atoms with Crippen LogP contribution in [-0.2, 0) is 0 Å². The summed E-state index contributed by atoms with van der Waals surface area (Å²) in [5, 5.41) is 3.44. The molecule has 76 valence electrons. The van der Waals surface area contributed by atoms with E-state index in [-0.39, 0.29) is 0 Å². The van der Waals surface area contributed by atoms with Crippen molar-refractivity contribution in [2.24, 2.45) is 17.8 Å². The fourth-order valence-corrected chi connectivity index (χ4v) is 3.31. The average molecular weight is 181 g/mol. The lowest BCUT2D eigenvalue weighted by Gasteiger charge is -2.37. The first-order chi connectivity index (χ1) is 6.33. The molecule has 0 aromatic heterocycles. The summed E-state index contributed by atoms with van der Waals surface area (Å²) in [6.07, 6.45) is 9.03. The van der Waals surface area contributed by atoms with E-state index in [1.165, 1.54) is 38.5 Å². The van der Waals surface area contributed by atoms with Gasteiger partial charge in [-0.2, -0.15) is 0 Å². The molecule has 0 aliphatic heterocycles. The zero-order chi connectivity index (χ0) is 9.26. The molecule has 3 unspecified atom stereocenters. The molecule has 0 spiro atoms. The fraction of sp³-hybridized carbons (Fsp3) is 1.00. The van der Waals surface area contributed by atoms with E-state index in [4.69, 9.17) is 0 Å². The van der Waals surface area contributed by atoms with Crippen LogP contribution in [0, 0.1) is 17.8 Å². The van der Waals surface area contributed by atoms with E-state index < -0.39 is 0 Å². The van der Waals surface area contributed by atoms with Crippen LogP contribution in [0.1, 0.15) is 45.4 Å². The maximum Gasteiger partial charge on any atom is 0.00667 e. The Morgan fingerprint density at radius 2 is 1.77 bits per heavy atom. The Morgan fingerprint density at radius 3 is 2.31 bits per heavy atom. The maximum atomic E-state index is 3.44. The summed E-state index contributed by atoms with van der Waals surface area (Å²) in [4.78, 5) is 0. The molecule has 0 amide bonds. The Labute approximate surface area is 82.3 Å². The van der Waals surface area contributed by atoms with Crippen molar-refractivity contribution in [3.63, 3.8) is 0 Å². The Bertz CT molecular complexity index is 152. The molecule has 0 bridgehead atoms. The quantitative estimate of drug-likeness (QED) is 0.706. The van der Waals surface area contributed by atoms with Crippen molar-refractivity contribution in [2.75, 3.05) is 7.05 Å².